The highest BCUT2D eigenvalue weighted by atomic mass is 16.2. The molecule has 0 aromatic rings. The van der Waals surface area contributed by atoms with Crippen LogP contribution >= 0.6 is 0 Å². The fourth-order valence-corrected chi connectivity index (χ4v) is 4.32. The van der Waals surface area contributed by atoms with Crippen molar-refractivity contribution in [3.05, 3.63) is 0 Å². The second-order valence-electron chi connectivity index (χ2n) is 9.05. The first-order valence-electron chi connectivity index (χ1n) is 11.5. The molecule has 6 nitrogen and oxygen atoms in total. The van der Waals surface area contributed by atoms with Gasteiger partial charge in [0.05, 0.1) is 6.54 Å². The third-order valence-electron chi connectivity index (χ3n) is 5.99. The molecule has 28 heavy (non-hydrogen) atoms. The van der Waals surface area contributed by atoms with Crippen molar-refractivity contribution in [1.29, 1.82) is 0 Å². The molecule has 2 saturated heterocycles. The van der Waals surface area contributed by atoms with E-state index in [2.05, 4.69) is 36.3 Å². The maximum Gasteiger partial charge on any atom is 0.225 e. The van der Waals surface area contributed by atoms with E-state index >= 15 is 0 Å². The second kappa shape index (κ2) is 11.6. The molecule has 2 atom stereocenters. The van der Waals surface area contributed by atoms with E-state index in [0.29, 0.717) is 12.0 Å². The summed E-state index contributed by atoms with van der Waals surface area (Å²) >= 11 is 0. The molecule has 0 spiro atoms. The minimum atomic E-state index is 0.0704. The Morgan fingerprint density at radius 2 is 1.75 bits per heavy atom. The number of hydrogen-bond acceptors (Lipinski definition) is 3. The van der Waals surface area contributed by atoms with Gasteiger partial charge in [-0.3, -0.25) is 14.7 Å². The standard InChI is InChI=1S/C22H43N5O/c1-6-23-22(25-19-11-14-27(16-19)21(28)18(4)5)24-15-20(17(2)3)26-12-9-7-8-10-13-26/h17-20H,6-16H2,1-5H3,(H2,23,24,25). The van der Waals surface area contributed by atoms with Crippen LogP contribution < -0.4 is 10.6 Å². The first-order chi connectivity index (χ1) is 13.4. The Morgan fingerprint density at radius 3 is 2.32 bits per heavy atom. The van der Waals surface area contributed by atoms with Gasteiger partial charge >= 0.3 is 0 Å². The first kappa shape index (κ1) is 23.0. The zero-order chi connectivity index (χ0) is 20.5. The zero-order valence-electron chi connectivity index (χ0n) is 18.8. The van der Waals surface area contributed by atoms with Crippen molar-refractivity contribution in [2.24, 2.45) is 16.8 Å². The molecule has 162 valence electrons. The Hall–Kier alpha value is -1.30. The normalized spacial score (nSPS) is 23.2. The Bertz CT molecular complexity index is 497. The van der Waals surface area contributed by atoms with E-state index in [-0.39, 0.29) is 17.9 Å². The molecule has 0 aromatic heterocycles. The van der Waals surface area contributed by atoms with Crippen molar-refractivity contribution in [3.8, 4) is 0 Å². The zero-order valence-corrected chi connectivity index (χ0v) is 18.8. The number of likely N-dealkylation sites (tertiary alicyclic amines) is 2. The lowest BCUT2D eigenvalue weighted by molar-refractivity contribution is -0.133. The average Bonchev–Trinajstić information content (AvgIpc) is 2.94. The van der Waals surface area contributed by atoms with Crippen LogP contribution in [0.2, 0.25) is 0 Å². The number of carbonyl (C=O) groups is 1. The highest BCUT2D eigenvalue weighted by Gasteiger charge is 2.28. The molecule has 0 aliphatic carbocycles. The molecular formula is C22H43N5O. The predicted molar refractivity (Wildman–Crippen MR) is 118 cm³/mol. The van der Waals surface area contributed by atoms with Crippen LogP contribution in [0, 0.1) is 11.8 Å². The molecule has 1 amide bonds. The van der Waals surface area contributed by atoms with Gasteiger partial charge in [-0.15, -0.1) is 0 Å². The Labute approximate surface area is 172 Å². The van der Waals surface area contributed by atoms with E-state index in [0.717, 1.165) is 38.6 Å². The van der Waals surface area contributed by atoms with Gasteiger partial charge in [0.1, 0.15) is 0 Å². The number of amides is 1. The second-order valence-corrected chi connectivity index (χ2v) is 9.05. The summed E-state index contributed by atoms with van der Waals surface area (Å²) in [5.74, 6) is 1.82. The lowest BCUT2D eigenvalue weighted by Gasteiger charge is -2.32. The minimum Gasteiger partial charge on any atom is -0.357 e. The lowest BCUT2D eigenvalue weighted by Crippen LogP contribution is -2.47. The number of hydrogen-bond donors (Lipinski definition) is 2. The van der Waals surface area contributed by atoms with Crippen LogP contribution in [0.25, 0.3) is 0 Å². The molecule has 2 heterocycles. The van der Waals surface area contributed by atoms with Gasteiger partial charge in [0, 0.05) is 37.6 Å². The molecule has 0 bridgehead atoms. The summed E-state index contributed by atoms with van der Waals surface area (Å²) in [4.78, 5) is 21.8. The first-order valence-corrected chi connectivity index (χ1v) is 11.5. The van der Waals surface area contributed by atoms with Crippen LogP contribution in [0.5, 0.6) is 0 Å². The molecule has 0 radical (unpaired) electrons. The fourth-order valence-electron chi connectivity index (χ4n) is 4.32. The summed E-state index contributed by atoms with van der Waals surface area (Å²) in [6.45, 7) is 16.4. The number of aliphatic imine (C=N–C) groups is 1. The molecular weight excluding hydrogens is 350 g/mol. The van der Waals surface area contributed by atoms with Gasteiger partial charge < -0.3 is 15.5 Å². The molecule has 2 rings (SSSR count). The van der Waals surface area contributed by atoms with E-state index < -0.39 is 0 Å². The number of nitrogens with zero attached hydrogens (tertiary/aromatic N) is 3. The van der Waals surface area contributed by atoms with Gasteiger partial charge in [-0.1, -0.05) is 40.5 Å². The average molecular weight is 394 g/mol. The maximum absolute atomic E-state index is 12.2. The summed E-state index contributed by atoms with van der Waals surface area (Å²) in [5.41, 5.74) is 0. The third-order valence-corrected chi connectivity index (χ3v) is 5.99. The summed E-state index contributed by atoms with van der Waals surface area (Å²) in [6, 6.07) is 0.785. The van der Waals surface area contributed by atoms with Crippen LogP contribution in [-0.4, -0.2) is 73.0 Å². The van der Waals surface area contributed by atoms with Gasteiger partial charge in [0.2, 0.25) is 5.91 Å². The van der Waals surface area contributed by atoms with Gasteiger partial charge in [-0.05, 0) is 45.2 Å². The van der Waals surface area contributed by atoms with Crippen LogP contribution in [0.1, 0.15) is 66.7 Å². The SMILES string of the molecule is CCNC(=NCC(C(C)C)N1CCCCCC1)NC1CCN(C(=O)C(C)C)C1. The van der Waals surface area contributed by atoms with Crippen LogP contribution in [-0.2, 0) is 4.79 Å². The lowest BCUT2D eigenvalue weighted by atomic mass is 10.0. The Morgan fingerprint density at radius 1 is 1.07 bits per heavy atom. The van der Waals surface area contributed by atoms with Gasteiger partial charge in [-0.2, -0.15) is 0 Å². The third kappa shape index (κ3) is 6.94. The van der Waals surface area contributed by atoms with Gasteiger partial charge in [0.25, 0.3) is 0 Å². The van der Waals surface area contributed by atoms with E-state index in [9.17, 15) is 4.79 Å². The molecule has 2 fully saturated rings. The van der Waals surface area contributed by atoms with Crippen molar-refractivity contribution in [2.75, 3.05) is 39.3 Å². The molecule has 2 N–H and O–H groups in total. The highest BCUT2D eigenvalue weighted by molar-refractivity contribution is 5.81. The van der Waals surface area contributed by atoms with Crippen LogP contribution in [0.15, 0.2) is 4.99 Å². The summed E-state index contributed by atoms with van der Waals surface area (Å²) in [5, 5.41) is 6.98. The smallest absolute Gasteiger partial charge is 0.225 e. The van der Waals surface area contributed by atoms with Crippen molar-refractivity contribution in [1.82, 2.24) is 20.4 Å². The monoisotopic (exact) mass is 393 g/mol. The van der Waals surface area contributed by atoms with Crippen molar-refractivity contribution >= 4 is 11.9 Å². The molecule has 2 unspecified atom stereocenters. The Balaban J connectivity index is 1.95. The summed E-state index contributed by atoms with van der Waals surface area (Å²) in [7, 11) is 0. The van der Waals surface area contributed by atoms with E-state index in [1.54, 1.807) is 0 Å². The van der Waals surface area contributed by atoms with Crippen molar-refractivity contribution in [2.45, 2.75) is 78.8 Å². The van der Waals surface area contributed by atoms with Crippen LogP contribution in [0.3, 0.4) is 0 Å². The molecule has 2 aliphatic rings. The van der Waals surface area contributed by atoms with Gasteiger partial charge in [0.15, 0.2) is 5.96 Å². The quantitative estimate of drug-likeness (QED) is 0.516. The van der Waals surface area contributed by atoms with Gasteiger partial charge in [-0.25, -0.2) is 0 Å². The summed E-state index contributed by atoms with van der Waals surface area (Å²) < 4.78 is 0. The molecule has 0 aromatic carbocycles. The van der Waals surface area contributed by atoms with Crippen molar-refractivity contribution in [3.63, 3.8) is 0 Å². The van der Waals surface area contributed by atoms with E-state index in [1.807, 2.05) is 18.7 Å². The largest absolute Gasteiger partial charge is 0.357 e. The number of carbonyl (C=O) groups excluding carboxylic acids is 1. The predicted octanol–water partition coefficient (Wildman–Crippen LogP) is 2.70. The topological polar surface area (TPSA) is 60.0 Å². The van der Waals surface area contributed by atoms with Crippen LogP contribution in [0.4, 0.5) is 0 Å². The molecule has 2 aliphatic heterocycles. The highest BCUT2D eigenvalue weighted by Crippen LogP contribution is 2.18. The number of guanidine groups is 1. The van der Waals surface area contributed by atoms with Crippen molar-refractivity contribution < 1.29 is 4.79 Å². The number of nitrogens with one attached hydrogen (secondary N) is 2. The Kier molecular flexibility index (Phi) is 9.56. The fraction of sp³-hybridized carbons (Fsp3) is 0.909. The minimum absolute atomic E-state index is 0.0704. The maximum atomic E-state index is 12.2. The van der Waals surface area contributed by atoms with E-state index in [4.69, 9.17) is 4.99 Å². The number of rotatable bonds is 7. The van der Waals surface area contributed by atoms with E-state index in [1.165, 1.54) is 38.8 Å². The molecule has 6 heteroatoms. The summed E-state index contributed by atoms with van der Waals surface area (Å²) in [6.07, 6.45) is 6.34. The molecule has 0 saturated carbocycles.